The second-order valence-electron chi connectivity index (χ2n) is 8.40. The second-order valence-corrected chi connectivity index (χ2v) is 10.6. The Labute approximate surface area is 195 Å². The highest BCUT2D eigenvalue weighted by Crippen LogP contribution is 2.24. The number of aryl methyl sites for hydroxylation is 3. The minimum Gasteiger partial charge on any atom is -0.423 e. The first-order valence-electron chi connectivity index (χ1n) is 10.7. The molecule has 0 aliphatic heterocycles. The van der Waals surface area contributed by atoms with Crippen LogP contribution in [0.25, 0.3) is 22.0 Å². The van der Waals surface area contributed by atoms with Gasteiger partial charge in [-0.1, -0.05) is 0 Å². The third-order valence-corrected chi connectivity index (χ3v) is 7.88. The zero-order valence-corrected chi connectivity index (χ0v) is 20.4. The van der Waals surface area contributed by atoms with Gasteiger partial charge in [0.05, 0.1) is 22.5 Å². The van der Waals surface area contributed by atoms with E-state index in [1.165, 1.54) is 47.5 Å². The number of sulfonamides is 1. The minimum atomic E-state index is -3.79. The summed E-state index contributed by atoms with van der Waals surface area (Å²) in [6.07, 6.45) is 0. The number of fused-ring (bicyclic) bond motifs is 2. The molecule has 0 aliphatic rings. The fraction of sp³-hybridized carbons (Fsp3) is 0.292. The fourth-order valence-corrected chi connectivity index (χ4v) is 4.95. The first-order chi connectivity index (χ1) is 15.9. The quantitative estimate of drug-likeness (QED) is 0.318. The lowest BCUT2D eigenvalue weighted by molar-refractivity contribution is 0.521. The maximum atomic E-state index is 13.2. The van der Waals surface area contributed by atoms with Crippen LogP contribution in [-0.4, -0.2) is 36.0 Å². The van der Waals surface area contributed by atoms with Gasteiger partial charge in [0.2, 0.25) is 10.0 Å². The van der Waals surface area contributed by atoms with Crippen molar-refractivity contribution in [2.45, 2.75) is 38.8 Å². The van der Waals surface area contributed by atoms with E-state index in [9.17, 15) is 22.8 Å². The Morgan fingerprint density at radius 2 is 1.53 bits per heavy atom. The van der Waals surface area contributed by atoms with Gasteiger partial charge in [0.1, 0.15) is 5.58 Å². The Bertz CT molecular complexity index is 1740. The molecular weight excluding hydrogens is 458 g/mol. The number of benzene rings is 2. The lowest BCUT2D eigenvalue weighted by Crippen LogP contribution is -2.41. The van der Waals surface area contributed by atoms with E-state index in [1.54, 1.807) is 13.0 Å². The van der Waals surface area contributed by atoms with Crippen LogP contribution in [0.2, 0.25) is 0 Å². The standard InChI is InChI=1S/C24H25N3O6S/c1-6-26-19-8-7-17(34(31,32)25(4)5)12-20(19)27(24(30)23(26)29)13-16-11-22(28)33-21-10-15(3)14(2)9-18(16)21/h7-12H,6,13H2,1-5H3. The summed E-state index contributed by atoms with van der Waals surface area (Å²) in [6, 6.07) is 9.24. The van der Waals surface area contributed by atoms with Crippen molar-refractivity contribution in [1.29, 1.82) is 0 Å². The van der Waals surface area contributed by atoms with Crippen LogP contribution >= 0.6 is 0 Å². The summed E-state index contributed by atoms with van der Waals surface area (Å²) in [6.45, 7) is 5.69. The number of hydrogen-bond acceptors (Lipinski definition) is 6. The normalized spacial score (nSPS) is 12.2. The molecule has 2 aromatic carbocycles. The Morgan fingerprint density at radius 3 is 2.18 bits per heavy atom. The van der Waals surface area contributed by atoms with Crippen LogP contribution in [0.15, 0.2) is 60.1 Å². The van der Waals surface area contributed by atoms with Crippen molar-refractivity contribution in [3.63, 3.8) is 0 Å². The van der Waals surface area contributed by atoms with E-state index in [0.29, 0.717) is 22.0 Å². The van der Waals surface area contributed by atoms with E-state index in [-0.39, 0.29) is 23.5 Å². The SMILES string of the molecule is CCn1c(=O)c(=O)n(Cc2cc(=O)oc3cc(C)c(C)cc23)c2cc(S(=O)(=O)N(C)C)ccc21. The van der Waals surface area contributed by atoms with Gasteiger partial charge in [0, 0.05) is 32.1 Å². The molecule has 0 spiro atoms. The van der Waals surface area contributed by atoms with E-state index in [4.69, 9.17) is 4.42 Å². The molecule has 0 saturated heterocycles. The first kappa shape index (κ1) is 23.7. The van der Waals surface area contributed by atoms with Crippen molar-refractivity contribution in [2.75, 3.05) is 14.1 Å². The summed E-state index contributed by atoms with van der Waals surface area (Å²) in [5, 5.41) is 0.638. The van der Waals surface area contributed by atoms with E-state index < -0.39 is 26.8 Å². The molecule has 0 radical (unpaired) electrons. The smallest absolute Gasteiger partial charge is 0.336 e. The summed E-state index contributed by atoms with van der Waals surface area (Å²) in [7, 11) is -0.955. The van der Waals surface area contributed by atoms with E-state index in [0.717, 1.165) is 15.4 Å². The van der Waals surface area contributed by atoms with Gasteiger partial charge in [0.25, 0.3) is 0 Å². The molecule has 34 heavy (non-hydrogen) atoms. The molecule has 0 atom stereocenters. The van der Waals surface area contributed by atoms with Crippen LogP contribution in [0, 0.1) is 13.8 Å². The van der Waals surface area contributed by atoms with Gasteiger partial charge in [-0.15, -0.1) is 0 Å². The molecule has 0 amide bonds. The Morgan fingerprint density at radius 1 is 0.882 bits per heavy atom. The van der Waals surface area contributed by atoms with E-state index in [1.807, 2.05) is 19.9 Å². The molecule has 178 valence electrons. The van der Waals surface area contributed by atoms with Gasteiger partial charge in [-0.05, 0) is 67.8 Å². The molecule has 0 aliphatic carbocycles. The van der Waals surface area contributed by atoms with Crippen molar-refractivity contribution in [3.8, 4) is 0 Å². The van der Waals surface area contributed by atoms with E-state index >= 15 is 0 Å². The summed E-state index contributed by atoms with van der Waals surface area (Å²) >= 11 is 0. The molecule has 2 heterocycles. The number of rotatable bonds is 5. The highest BCUT2D eigenvalue weighted by molar-refractivity contribution is 7.89. The topological polar surface area (TPSA) is 112 Å². The third kappa shape index (κ3) is 3.78. The van der Waals surface area contributed by atoms with Crippen LogP contribution < -0.4 is 16.7 Å². The van der Waals surface area contributed by atoms with E-state index in [2.05, 4.69) is 0 Å². The number of aromatic nitrogens is 2. The van der Waals surface area contributed by atoms with Crippen molar-refractivity contribution in [1.82, 2.24) is 13.4 Å². The molecule has 10 heteroatoms. The molecule has 0 fully saturated rings. The second kappa shape index (κ2) is 8.37. The summed E-state index contributed by atoms with van der Waals surface area (Å²) in [5.41, 5.74) is 1.37. The zero-order valence-electron chi connectivity index (χ0n) is 19.6. The molecule has 2 aromatic heterocycles. The fourth-order valence-electron chi connectivity index (χ4n) is 4.02. The van der Waals surface area contributed by atoms with Crippen LogP contribution in [-0.2, 0) is 23.1 Å². The predicted molar refractivity (Wildman–Crippen MR) is 130 cm³/mol. The molecular formula is C24H25N3O6S. The monoisotopic (exact) mass is 483 g/mol. The molecule has 4 rings (SSSR count). The van der Waals surface area contributed by atoms with Crippen molar-refractivity contribution in [2.24, 2.45) is 0 Å². The lowest BCUT2D eigenvalue weighted by atomic mass is 10.0. The number of nitrogens with zero attached hydrogens (tertiary/aromatic N) is 3. The number of hydrogen-bond donors (Lipinski definition) is 0. The maximum absolute atomic E-state index is 13.2. The van der Waals surface area contributed by atoms with Crippen LogP contribution in [0.5, 0.6) is 0 Å². The molecule has 9 nitrogen and oxygen atoms in total. The summed E-state index contributed by atoms with van der Waals surface area (Å²) in [4.78, 5) is 38.3. The Hall–Kier alpha value is -3.50. The Kier molecular flexibility index (Phi) is 5.82. The van der Waals surface area contributed by atoms with Gasteiger partial charge >= 0.3 is 16.7 Å². The minimum absolute atomic E-state index is 0.0108. The molecule has 0 unspecified atom stereocenters. The predicted octanol–water partition coefficient (Wildman–Crippen LogP) is 2.20. The highest BCUT2D eigenvalue weighted by atomic mass is 32.2. The average molecular weight is 484 g/mol. The first-order valence-corrected chi connectivity index (χ1v) is 12.1. The average Bonchev–Trinajstić information content (AvgIpc) is 2.78. The Balaban J connectivity index is 2.08. The maximum Gasteiger partial charge on any atom is 0.336 e. The molecule has 4 aromatic rings. The zero-order chi connectivity index (χ0) is 24.9. The summed E-state index contributed by atoms with van der Waals surface area (Å²) < 4.78 is 34.5. The van der Waals surface area contributed by atoms with Crippen LogP contribution in [0.3, 0.4) is 0 Å². The van der Waals surface area contributed by atoms with Gasteiger partial charge in [-0.2, -0.15) is 0 Å². The lowest BCUT2D eigenvalue weighted by Gasteiger charge is -2.17. The van der Waals surface area contributed by atoms with Crippen LogP contribution in [0.4, 0.5) is 0 Å². The van der Waals surface area contributed by atoms with Crippen molar-refractivity contribution in [3.05, 3.63) is 84.2 Å². The highest BCUT2D eigenvalue weighted by Gasteiger charge is 2.21. The van der Waals surface area contributed by atoms with Crippen molar-refractivity contribution < 1.29 is 12.8 Å². The van der Waals surface area contributed by atoms with Gasteiger partial charge in [-0.3, -0.25) is 14.2 Å². The third-order valence-electron chi connectivity index (χ3n) is 6.07. The molecule has 0 saturated carbocycles. The molecule has 0 bridgehead atoms. The van der Waals surface area contributed by atoms with Gasteiger partial charge in [0.15, 0.2) is 0 Å². The van der Waals surface area contributed by atoms with Gasteiger partial charge < -0.3 is 8.98 Å². The molecule has 0 N–H and O–H groups in total. The van der Waals surface area contributed by atoms with Crippen LogP contribution in [0.1, 0.15) is 23.6 Å². The van der Waals surface area contributed by atoms with Gasteiger partial charge in [-0.25, -0.2) is 17.5 Å². The van der Waals surface area contributed by atoms with Crippen molar-refractivity contribution >= 4 is 32.0 Å². The summed E-state index contributed by atoms with van der Waals surface area (Å²) in [5.74, 6) is 0. The largest absolute Gasteiger partial charge is 0.423 e.